The molecule has 1 nitrogen and oxygen atoms in total. The molecule has 2 aliphatic rings. The van der Waals surface area contributed by atoms with E-state index in [2.05, 4.69) is 32.4 Å². The van der Waals surface area contributed by atoms with E-state index < -0.39 is 25.3 Å². The number of rotatable bonds is 5. The van der Waals surface area contributed by atoms with E-state index in [0.717, 1.165) is 56.7 Å². The van der Waals surface area contributed by atoms with Gasteiger partial charge in [-0.25, -0.2) is 0 Å². The Morgan fingerprint density at radius 1 is 0.867 bits per heavy atom. The zero-order valence-electron chi connectivity index (χ0n) is 16.7. The van der Waals surface area contributed by atoms with Crippen LogP contribution in [0, 0.1) is 6.66 Å². The molecule has 0 N–H and O–H groups in total. The van der Waals surface area contributed by atoms with Gasteiger partial charge in [-0.3, -0.25) is 0 Å². The maximum atomic E-state index is 13.4. The second-order valence-corrected chi connectivity index (χ2v) is 12.0. The second-order valence-electron chi connectivity index (χ2n) is 8.13. The molecule has 3 rings (SSSR count). The summed E-state index contributed by atoms with van der Waals surface area (Å²) >= 11 is 2.22. The summed E-state index contributed by atoms with van der Waals surface area (Å²) in [5.41, 5.74) is 0.838. The van der Waals surface area contributed by atoms with Gasteiger partial charge in [0, 0.05) is 17.4 Å². The van der Waals surface area contributed by atoms with E-state index in [1.54, 1.807) is 0 Å². The quantitative estimate of drug-likeness (QED) is 0.153. The van der Waals surface area contributed by atoms with E-state index in [1.807, 2.05) is 6.07 Å². The summed E-state index contributed by atoms with van der Waals surface area (Å²) in [6.45, 7) is 4.72. The first-order chi connectivity index (χ1) is 14.1. The van der Waals surface area contributed by atoms with E-state index in [4.69, 9.17) is 6.66 Å². The molecule has 9 heteroatoms. The predicted molar refractivity (Wildman–Crippen MR) is 110 cm³/mol. The first kappa shape index (κ1) is 26.3. The molecule has 0 aromatic heterocycles. The molecule has 2 aliphatic carbocycles. The van der Waals surface area contributed by atoms with Gasteiger partial charge in [0.15, 0.2) is 0 Å². The Hall–Kier alpha value is 0.0523. The second kappa shape index (κ2) is 11.3. The van der Waals surface area contributed by atoms with E-state index >= 15 is 0 Å². The summed E-state index contributed by atoms with van der Waals surface area (Å²) in [4.78, 5) is 0. The van der Waals surface area contributed by atoms with Gasteiger partial charge in [0.25, 0.3) is 0 Å². The Kier molecular flexibility index (Phi) is 9.88. The summed E-state index contributed by atoms with van der Waals surface area (Å²) in [5, 5.41) is 0.835. The van der Waals surface area contributed by atoms with E-state index in [1.165, 1.54) is 31.0 Å². The fourth-order valence-electron chi connectivity index (χ4n) is 4.82. The van der Waals surface area contributed by atoms with Crippen molar-refractivity contribution in [1.82, 2.24) is 0 Å². The molecule has 2 fully saturated rings. The number of alkyl halides is 5. The van der Waals surface area contributed by atoms with Crippen molar-refractivity contribution >= 4 is 22.1 Å². The summed E-state index contributed by atoms with van der Waals surface area (Å²) in [6.07, 6.45) is 0.256. The number of benzene rings is 1. The van der Waals surface area contributed by atoms with Crippen molar-refractivity contribution in [2.24, 2.45) is 0 Å². The van der Waals surface area contributed by atoms with Gasteiger partial charge >= 0.3 is 40.0 Å². The molecule has 0 atom stereocenters. The van der Waals surface area contributed by atoms with Crippen molar-refractivity contribution in [3.05, 3.63) is 30.9 Å². The van der Waals surface area contributed by atoms with Gasteiger partial charge in [-0.05, 0) is 63.5 Å². The number of halogens is 6. The Labute approximate surface area is 191 Å². The number of ether oxygens (including phenoxy) is 1. The molecular formula is C21H28ClF5OPPd+. The van der Waals surface area contributed by atoms with Crippen LogP contribution in [0.2, 0.25) is 0 Å². The summed E-state index contributed by atoms with van der Waals surface area (Å²) in [7, 11) is 2.53. The number of hydrogen-bond donors (Lipinski definition) is 0. The molecule has 0 heterocycles. The first-order valence-corrected chi connectivity index (χ1v) is 14.3. The molecule has 0 spiro atoms. The third-order valence-corrected chi connectivity index (χ3v) is 11.2. The van der Waals surface area contributed by atoms with Gasteiger partial charge in [0.05, 0.1) is 5.30 Å². The summed E-state index contributed by atoms with van der Waals surface area (Å²) in [6, 6.07) is 5.98. The number of hydrogen-bond acceptors (Lipinski definition) is 1. The minimum absolute atomic E-state index is 0.419. The van der Waals surface area contributed by atoms with Crippen LogP contribution < -0.4 is 10.0 Å². The summed E-state index contributed by atoms with van der Waals surface area (Å²) < 4.78 is 68.6. The Bertz CT molecular complexity index is 643. The molecule has 30 heavy (non-hydrogen) atoms. The predicted octanol–water partition coefficient (Wildman–Crippen LogP) is 8.01. The van der Waals surface area contributed by atoms with Gasteiger partial charge in [-0.2, -0.15) is 28.6 Å². The van der Waals surface area contributed by atoms with Crippen LogP contribution in [0.3, 0.4) is 0 Å². The molecule has 0 saturated heterocycles. The van der Waals surface area contributed by atoms with Gasteiger partial charge in [-0.1, -0.05) is 26.2 Å². The molecule has 1 aromatic rings. The summed E-state index contributed by atoms with van der Waals surface area (Å²) in [5.74, 6) is -0.431. The normalized spacial score (nSPS) is 19.8. The zero-order valence-corrected chi connectivity index (χ0v) is 19.9. The molecule has 0 radical (unpaired) electrons. The minimum atomic E-state index is -5.74. The van der Waals surface area contributed by atoms with Gasteiger partial charge in [-0.15, -0.1) is 0 Å². The van der Waals surface area contributed by atoms with Gasteiger partial charge in [0.1, 0.15) is 5.75 Å². The molecule has 174 valence electrons. The van der Waals surface area contributed by atoms with Crippen LogP contribution in [0.15, 0.2) is 24.3 Å². The topological polar surface area (TPSA) is 9.23 Å². The van der Waals surface area contributed by atoms with Crippen LogP contribution in [-0.4, -0.2) is 23.6 Å². The van der Waals surface area contributed by atoms with E-state index in [9.17, 15) is 22.0 Å². The van der Waals surface area contributed by atoms with Crippen LogP contribution in [0.4, 0.5) is 22.0 Å². The van der Waals surface area contributed by atoms with Crippen molar-refractivity contribution in [3.63, 3.8) is 0 Å². The molecule has 2 saturated carbocycles. The Morgan fingerprint density at radius 3 is 1.77 bits per heavy atom. The van der Waals surface area contributed by atoms with Crippen LogP contribution in [0.25, 0.3) is 0 Å². The molecular weight excluding hydrogens is 536 g/mol. The SMILES string of the molecule is [CH2-][P+](c1cccc(OC(F)(F)C(F)(F)F)c1)(C1CCCCC1)C1CCCCC1.[Cl][Pd+]. The monoisotopic (exact) mass is 563 g/mol. The van der Waals surface area contributed by atoms with Gasteiger partial charge < -0.3 is 4.74 Å². The molecule has 0 aliphatic heterocycles. The van der Waals surface area contributed by atoms with Crippen molar-refractivity contribution < 1.29 is 44.9 Å². The zero-order chi connectivity index (χ0) is 22.4. The molecule has 0 amide bonds. The van der Waals surface area contributed by atoms with Crippen LogP contribution >= 0.6 is 16.8 Å². The third kappa shape index (κ3) is 6.09. The van der Waals surface area contributed by atoms with Crippen molar-refractivity contribution in [2.75, 3.05) is 0 Å². The van der Waals surface area contributed by atoms with Crippen molar-refractivity contribution in [2.45, 2.75) is 87.8 Å². The fourth-order valence-corrected chi connectivity index (χ4v) is 9.56. The van der Waals surface area contributed by atoms with Crippen LogP contribution in [-0.2, 0) is 18.2 Å². The molecule has 0 bridgehead atoms. The molecule has 1 aromatic carbocycles. The van der Waals surface area contributed by atoms with E-state index in [0.29, 0.717) is 11.3 Å². The van der Waals surface area contributed by atoms with Crippen LogP contribution in [0.1, 0.15) is 64.2 Å². The Morgan fingerprint density at radius 2 is 1.33 bits per heavy atom. The van der Waals surface area contributed by atoms with E-state index in [-0.39, 0.29) is 0 Å². The van der Waals surface area contributed by atoms with Crippen molar-refractivity contribution in [1.29, 1.82) is 0 Å². The maximum absolute atomic E-state index is 13.4. The molecule has 0 unspecified atom stereocenters. The van der Waals surface area contributed by atoms with Crippen molar-refractivity contribution in [3.8, 4) is 5.75 Å². The standard InChI is InChI=1S/C21H28F5OP.ClH.Pd/c1-28(17-10-4-2-5-11-17,18-12-6-3-7-13-18)19-14-8-9-16(15-19)27-21(25,26)20(22,23)24;;/h8-9,14-15,17-18H,1-7,10-13H2;1H;/q;;+2/p-1. The fraction of sp³-hybridized carbons (Fsp3) is 0.667. The average molecular weight is 564 g/mol. The Balaban J connectivity index is 0.00000155. The first-order valence-electron chi connectivity index (χ1n) is 10.2. The average Bonchev–Trinajstić information content (AvgIpc) is 2.75. The van der Waals surface area contributed by atoms with Crippen LogP contribution in [0.5, 0.6) is 5.75 Å². The van der Waals surface area contributed by atoms with Gasteiger partial charge in [0.2, 0.25) is 0 Å². The third-order valence-electron chi connectivity index (χ3n) is 6.33.